The molecule has 3 aromatic rings. The van der Waals surface area contributed by atoms with Gasteiger partial charge in [-0.2, -0.15) is 5.26 Å². The second-order valence-electron chi connectivity index (χ2n) is 4.06. The number of pyridine rings is 1. The number of hydrogen-bond acceptors (Lipinski definition) is 2. The first-order valence-corrected chi connectivity index (χ1v) is 5.72. The van der Waals surface area contributed by atoms with Gasteiger partial charge in [0.2, 0.25) is 0 Å². The smallest absolute Gasteiger partial charge is 0.0998 e. The van der Waals surface area contributed by atoms with Gasteiger partial charge >= 0.3 is 0 Å². The molecule has 2 aromatic carbocycles. The van der Waals surface area contributed by atoms with Gasteiger partial charge in [0.15, 0.2) is 0 Å². The first kappa shape index (κ1) is 10.5. The highest BCUT2D eigenvalue weighted by Gasteiger charge is 2.06. The molecule has 0 atom stereocenters. The molecule has 1 aromatic heterocycles. The van der Waals surface area contributed by atoms with Gasteiger partial charge < -0.3 is 0 Å². The molecule has 0 saturated heterocycles. The monoisotopic (exact) mass is 230 g/mol. The first-order chi connectivity index (χ1) is 8.90. The second-order valence-corrected chi connectivity index (χ2v) is 4.06. The molecule has 0 saturated carbocycles. The molecule has 0 amide bonds. The van der Waals surface area contributed by atoms with E-state index >= 15 is 0 Å². The van der Waals surface area contributed by atoms with Crippen molar-refractivity contribution in [2.75, 3.05) is 0 Å². The molecule has 0 radical (unpaired) electrons. The van der Waals surface area contributed by atoms with E-state index in [0.29, 0.717) is 5.56 Å². The maximum atomic E-state index is 9.13. The molecular formula is C16H10N2. The van der Waals surface area contributed by atoms with E-state index in [1.165, 1.54) is 0 Å². The minimum atomic E-state index is 0.707. The Kier molecular flexibility index (Phi) is 2.51. The summed E-state index contributed by atoms with van der Waals surface area (Å²) in [5.74, 6) is 0. The van der Waals surface area contributed by atoms with Crippen LogP contribution in [0.1, 0.15) is 5.56 Å². The molecule has 0 bridgehead atoms. The van der Waals surface area contributed by atoms with E-state index in [9.17, 15) is 0 Å². The van der Waals surface area contributed by atoms with Gasteiger partial charge in [-0.05, 0) is 23.1 Å². The first-order valence-electron chi connectivity index (χ1n) is 5.72. The van der Waals surface area contributed by atoms with E-state index in [0.717, 1.165) is 21.9 Å². The summed E-state index contributed by atoms with van der Waals surface area (Å²) >= 11 is 0. The Bertz CT molecular complexity index is 740. The minimum Gasteiger partial charge on any atom is -0.264 e. The van der Waals surface area contributed by atoms with Crippen molar-refractivity contribution >= 4 is 10.8 Å². The average molecular weight is 230 g/mol. The third-order valence-electron chi connectivity index (χ3n) is 3.02. The van der Waals surface area contributed by atoms with Crippen molar-refractivity contribution in [2.45, 2.75) is 0 Å². The molecule has 2 nitrogen and oxygen atoms in total. The third kappa shape index (κ3) is 1.63. The lowest BCUT2D eigenvalue weighted by atomic mass is 9.96. The molecule has 18 heavy (non-hydrogen) atoms. The highest BCUT2D eigenvalue weighted by molar-refractivity contribution is 5.99. The lowest BCUT2D eigenvalue weighted by molar-refractivity contribution is 1.33. The number of hydrogen-bond donors (Lipinski definition) is 0. The van der Waals surface area contributed by atoms with Crippen molar-refractivity contribution in [3.63, 3.8) is 0 Å². The molecule has 84 valence electrons. The van der Waals surface area contributed by atoms with Gasteiger partial charge in [-0.15, -0.1) is 0 Å². The quantitative estimate of drug-likeness (QED) is 0.638. The van der Waals surface area contributed by atoms with E-state index in [1.807, 2.05) is 54.7 Å². The Hall–Kier alpha value is -2.66. The summed E-state index contributed by atoms with van der Waals surface area (Å²) in [7, 11) is 0. The fraction of sp³-hybridized carbons (Fsp3) is 0. The average Bonchev–Trinajstić information content (AvgIpc) is 2.47. The normalized spacial score (nSPS) is 10.2. The van der Waals surface area contributed by atoms with Crippen LogP contribution in [-0.2, 0) is 0 Å². The molecule has 0 unspecified atom stereocenters. The van der Waals surface area contributed by atoms with Gasteiger partial charge in [-0.1, -0.05) is 36.4 Å². The van der Waals surface area contributed by atoms with Crippen molar-refractivity contribution in [2.24, 2.45) is 0 Å². The van der Waals surface area contributed by atoms with Crippen molar-refractivity contribution in [3.8, 4) is 17.2 Å². The number of benzene rings is 2. The number of rotatable bonds is 1. The summed E-state index contributed by atoms with van der Waals surface area (Å²) in [4.78, 5) is 4.15. The fourth-order valence-corrected chi connectivity index (χ4v) is 2.17. The van der Waals surface area contributed by atoms with E-state index in [4.69, 9.17) is 5.26 Å². The summed E-state index contributed by atoms with van der Waals surface area (Å²) in [6, 6.07) is 18.0. The molecule has 0 aliphatic heterocycles. The summed E-state index contributed by atoms with van der Waals surface area (Å²) in [6.45, 7) is 0. The van der Waals surface area contributed by atoms with Crippen LogP contribution in [-0.4, -0.2) is 4.98 Å². The number of nitrogens with zero attached hydrogens (tertiary/aromatic N) is 2. The van der Waals surface area contributed by atoms with Crippen molar-refractivity contribution in [1.82, 2.24) is 4.98 Å². The van der Waals surface area contributed by atoms with Crippen LogP contribution in [0.2, 0.25) is 0 Å². The van der Waals surface area contributed by atoms with Crippen LogP contribution < -0.4 is 0 Å². The largest absolute Gasteiger partial charge is 0.264 e. The second kappa shape index (κ2) is 4.31. The molecule has 0 spiro atoms. The molecule has 3 rings (SSSR count). The van der Waals surface area contributed by atoms with Crippen molar-refractivity contribution in [1.29, 1.82) is 5.26 Å². The predicted octanol–water partition coefficient (Wildman–Crippen LogP) is 3.77. The summed E-state index contributed by atoms with van der Waals surface area (Å²) in [5.41, 5.74) is 2.88. The predicted molar refractivity (Wildman–Crippen MR) is 71.9 cm³/mol. The summed E-state index contributed by atoms with van der Waals surface area (Å²) < 4.78 is 0. The highest BCUT2D eigenvalue weighted by atomic mass is 14.6. The Morgan fingerprint density at radius 3 is 2.44 bits per heavy atom. The zero-order valence-electron chi connectivity index (χ0n) is 9.67. The molecule has 1 heterocycles. The molecule has 0 N–H and O–H groups in total. The van der Waals surface area contributed by atoms with E-state index in [1.54, 1.807) is 6.20 Å². The van der Waals surface area contributed by atoms with Crippen LogP contribution >= 0.6 is 0 Å². The van der Waals surface area contributed by atoms with Crippen molar-refractivity contribution < 1.29 is 0 Å². The van der Waals surface area contributed by atoms with Crippen LogP contribution in [0.25, 0.3) is 21.9 Å². The van der Waals surface area contributed by atoms with Crippen LogP contribution in [0.3, 0.4) is 0 Å². The van der Waals surface area contributed by atoms with E-state index in [-0.39, 0.29) is 0 Å². The standard InChI is InChI=1S/C16H10N2/c17-10-12-7-8-15(13-4-3-9-18-11-13)16-6-2-1-5-14(12)16/h1-9,11H. The topological polar surface area (TPSA) is 36.7 Å². The van der Waals surface area contributed by atoms with Crippen LogP contribution in [0.15, 0.2) is 60.9 Å². The Balaban J connectivity index is 2.36. The Morgan fingerprint density at radius 1 is 0.889 bits per heavy atom. The summed E-state index contributed by atoms with van der Waals surface area (Å²) in [5, 5.41) is 11.2. The van der Waals surface area contributed by atoms with Crippen LogP contribution in [0.5, 0.6) is 0 Å². The van der Waals surface area contributed by atoms with Crippen LogP contribution in [0, 0.1) is 11.3 Å². The molecule has 0 aliphatic carbocycles. The van der Waals surface area contributed by atoms with Crippen molar-refractivity contribution in [3.05, 3.63) is 66.5 Å². The van der Waals surface area contributed by atoms with Gasteiger partial charge in [-0.3, -0.25) is 4.98 Å². The van der Waals surface area contributed by atoms with Gasteiger partial charge in [0.1, 0.15) is 0 Å². The van der Waals surface area contributed by atoms with E-state index in [2.05, 4.69) is 11.1 Å². The number of nitriles is 1. The minimum absolute atomic E-state index is 0.707. The third-order valence-corrected chi connectivity index (χ3v) is 3.02. The number of aromatic nitrogens is 1. The Labute approximate surface area is 105 Å². The zero-order valence-corrected chi connectivity index (χ0v) is 9.67. The van der Waals surface area contributed by atoms with Gasteiger partial charge in [0.25, 0.3) is 0 Å². The lowest BCUT2D eigenvalue weighted by Gasteiger charge is -2.07. The molecule has 0 aliphatic rings. The molecule has 2 heteroatoms. The maximum Gasteiger partial charge on any atom is 0.0998 e. The highest BCUT2D eigenvalue weighted by Crippen LogP contribution is 2.29. The fourth-order valence-electron chi connectivity index (χ4n) is 2.17. The molecular weight excluding hydrogens is 220 g/mol. The maximum absolute atomic E-state index is 9.13. The summed E-state index contributed by atoms with van der Waals surface area (Å²) in [6.07, 6.45) is 3.60. The van der Waals surface area contributed by atoms with Gasteiger partial charge in [0, 0.05) is 23.3 Å². The Morgan fingerprint density at radius 2 is 1.72 bits per heavy atom. The van der Waals surface area contributed by atoms with E-state index < -0.39 is 0 Å². The number of fused-ring (bicyclic) bond motifs is 1. The van der Waals surface area contributed by atoms with Gasteiger partial charge in [0.05, 0.1) is 11.6 Å². The zero-order chi connectivity index (χ0) is 12.4. The van der Waals surface area contributed by atoms with Crippen LogP contribution in [0.4, 0.5) is 0 Å². The molecule has 0 fully saturated rings. The SMILES string of the molecule is N#Cc1ccc(-c2cccnc2)c2ccccc12. The van der Waals surface area contributed by atoms with Gasteiger partial charge in [-0.25, -0.2) is 0 Å². The lowest BCUT2D eigenvalue weighted by Crippen LogP contribution is -1.85.